The van der Waals surface area contributed by atoms with Crippen LogP contribution in [0.1, 0.15) is 34.8 Å². The first kappa shape index (κ1) is 24.8. The number of amides is 3. The van der Waals surface area contributed by atoms with Gasteiger partial charge in [-0.2, -0.15) is 0 Å². The number of aromatic nitrogens is 1. The highest BCUT2D eigenvalue weighted by molar-refractivity contribution is 6.00. The van der Waals surface area contributed by atoms with Crippen molar-refractivity contribution >= 4 is 28.5 Å². The summed E-state index contributed by atoms with van der Waals surface area (Å²) in [6.07, 6.45) is 2.26. The van der Waals surface area contributed by atoms with Gasteiger partial charge in [0.15, 0.2) is 5.88 Å². The van der Waals surface area contributed by atoms with Gasteiger partial charge in [-0.05, 0) is 42.3 Å². The van der Waals surface area contributed by atoms with Gasteiger partial charge in [-0.1, -0.05) is 12.1 Å². The molecule has 2 aromatic carbocycles. The summed E-state index contributed by atoms with van der Waals surface area (Å²) >= 11 is 0. The van der Waals surface area contributed by atoms with E-state index in [0.29, 0.717) is 36.3 Å². The first-order valence-electron chi connectivity index (χ1n) is 12.5. The number of fused-ring (bicyclic) bond motifs is 1. The second-order valence-electron chi connectivity index (χ2n) is 9.26. The third kappa shape index (κ3) is 5.76. The highest BCUT2D eigenvalue weighted by Gasteiger charge is 2.30. The minimum Gasteiger partial charge on any atom is -0.494 e. The minimum atomic E-state index is -0.642. The van der Waals surface area contributed by atoms with E-state index < -0.39 is 11.9 Å². The molecule has 0 radical (unpaired) electrons. The number of imide groups is 1. The number of piperidine rings is 1. The number of aromatic hydroxyl groups is 1. The molecular weight excluding hydrogens is 476 g/mol. The van der Waals surface area contributed by atoms with E-state index in [9.17, 15) is 19.5 Å². The molecule has 10 nitrogen and oxygen atoms in total. The number of carbonyl (C=O) groups is 3. The Hall–Kier alpha value is -3.89. The summed E-state index contributed by atoms with van der Waals surface area (Å²) < 4.78 is 12.7. The Bertz CT molecular complexity index is 1310. The van der Waals surface area contributed by atoms with Crippen LogP contribution in [0, 0.1) is 0 Å². The van der Waals surface area contributed by atoms with Crippen LogP contribution in [0.15, 0.2) is 48.7 Å². The summed E-state index contributed by atoms with van der Waals surface area (Å²) in [5.41, 5.74) is 1.35. The number of hydrogen-bond acceptors (Lipinski definition) is 7. The number of morpholine rings is 1. The lowest BCUT2D eigenvalue weighted by atomic mass is 10.1. The smallest absolute Gasteiger partial charge is 0.251 e. The van der Waals surface area contributed by atoms with E-state index in [1.165, 1.54) is 4.57 Å². The lowest BCUT2D eigenvalue weighted by molar-refractivity contribution is -0.135. The van der Waals surface area contributed by atoms with Crippen molar-refractivity contribution in [1.82, 2.24) is 20.1 Å². The number of hydrogen-bond donors (Lipinski definition) is 3. The van der Waals surface area contributed by atoms with Gasteiger partial charge in [0, 0.05) is 55.1 Å². The fourth-order valence-corrected chi connectivity index (χ4v) is 4.70. The van der Waals surface area contributed by atoms with Gasteiger partial charge in [0.1, 0.15) is 18.4 Å². The highest BCUT2D eigenvalue weighted by atomic mass is 16.5. The van der Waals surface area contributed by atoms with Crippen molar-refractivity contribution in [3.05, 3.63) is 59.8 Å². The van der Waals surface area contributed by atoms with Crippen LogP contribution < -0.4 is 15.4 Å². The zero-order valence-corrected chi connectivity index (χ0v) is 20.4. The molecule has 0 spiro atoms. The molecule has 2 fully saturated rings. The molecule has 5 rings (SSSR count). The molecule has 3 N–H and O–H groups in total. The Morgan fingerprint density at radius 1 is 1.16 bits per heavy atom. The van der Waals surface area contributed by atoms with Crippen LogP contribution in [0.3, 0.4) is 0 Å². The van der Waals surface area contributed by atoms with Crippen molar-refractivity contribution in [2.24, 2.45) is 0 Å². The number of benzene rings is 2. The average molecular weight is 507 g/mol. The molecule has 0 saturated carbocycles. The Morgan fingerprint density at radius 3 is 2.81 bits per heavy atom. The van der Waals surface area contributed by atoms with Crippen molar-refractivity contribution in [1.29, 1.82) is 0 Å². The van der Waals surface area contributed by atoms with Crippen molar-refractivity contribution in [2.45, 2.75) is 25.4 Å². The van der Waals surface area contributed by atoms with E-state index in [2.05, 4.69) is 15.5 Å². The van der Waals surface area contributed by atoms with Crippen LogP contribution in [0.5, 0.6) is 11.6 Å². The predicted octanol–water partition coefficient (Wildman–Crippen LogP) is 1.97. The van der Waals surface area contributed by atoms with Crippen LogP contribution >= 0.6 is 0 Å². The van der Waals surface area contributed by atoms with E-state index in [-0.39, 0.29) is 24.1 Å². The number of carbonyl (C=O) groups excluding carboxylic acids is 3. The maximum Gasteiger partial charge on any atom is 0.251 e. The Morgan fingerprint density at radius 2 is 2.00 bits per heavy atom. The van der Waals surface area contributed by atoms with Gasteiger partial charge >= 0.3 is 0 Å². The molecular formula is C27H30N4O6. The molecule has 194 valence electrons. The van der Waals surface area contributed by atoms with Crippen molar-refractivity contribution in [2.75, 3.05) is 39.5 Å². The largest absolute Gasteiger partial charge is 0.494 e. The maximum atomic E-state index is 12.8. The molecule has 2 aliphatic rings. The van der Waals surface area contributed by atoms with Gasteiger partial charge in [-0.3, -0.25) is 24.6 Å². The molecule has 1 atom stereocenters. The highest BCUT2D eigenvalue weighted by Crippen LogP contribution is 2.33. The first-order valence-corrected chi connectivity index (χ1v) is 12.5. The summed E-state index contributed by atoms with van der Waals surface area (Å²) in [5.74, 6) is -0.326. The lowest BCUT2D eigenvalue weighted by Gasteiger charge is -2.26. The Kier molecular flexibility index (Phi) is 7.38. The van der Waals surface area contributed by atoms with Crippen LogP contribution in [0.2, 0.25) is 0 Å². The molecule has 1 aromatic heterocycles. The first-order chi connectivity index (χ1) is 18.0. The summed E-state index contributed by atoms with van der Waals surface area (Å²) in [7, 11) is 0. The third-order valence-electron chi connectivity index (χ3n) is 6.75. The molecule has 10 heteroatoms. The molecule has 3 amide bonds. The van der Waals surface area contributed by atoms with Crippen LogP contribution in [0.25, 0.3) is 10.8 Å². The number of nitrogens with zero attached hydrogens (tertiary/aromatic N) is 2. The average Bonchev–Trinajstić information content (AvgIpc) is 3.23. The molecule has 37 heavy (non-hydrogen) atoms. The monoisotopic (exact) mass is 506 g/mol. The van der Waals surface area contributed by atoms with E-state index in [0.717, 1.165) is 43.8 Å². The zero-order chi connectivity index (χ0) is 25.8. The molecule has 2 aliphatic heterocycles. The van der Waals surface area contributed by atoms with Crippen molar-refractivity contribution in [3.8, 4) is 11.6 Å². The topological polar surface area (TPSA) is 122 Å². The summed E-state index contributed by atoms with van der Waals surface area (Å²) in [6, 6.07) is 11.9. The van der Waals surface area contributed by atoms with Gasteiger partial charge < -0.3 is 24.5 Å². The summed E-state index contributed by atoms with van der Waals surface area (Å²) in [6.45, 7) is 4.93. The number of nitrogens with one attached hydrogen (secondary N) is 2. The fourth-order valence-electron chi connectivity index (χ4n) is 4.70. The van der Waals surface area contributed by atoms with Crippen LogP contribution in [-0.2, 0) is 20.9 Å². The van der Waals surface area contributed by atoms with Crippen molar-refractivity contribution in [3.63, 3.8) is 0 Å². The standard InChI is InChI=1S/C27H30N4O6/c32-24-7-6-23(26(34)29-24)31-17-20-14-18(4-5-22(20)27(31)35)16-28-25(33)19-2-1-3-21(15-19)37-13-10-30-8-11-36-12-9-30/h1-5,14-15,17,23,35H,6-13,16H2,(H,28,33)(H,29,32,34). The van der Waals surface area contributed by atoms with Gasteiger partial charge in [0.2, 0.25) is 11.8 Å². The van der Waals surface area contributed by atoms with E-state index in [1.807, 2.05) is 18.2 Å². The van der Waals surface area contributed by atoms with Gasteiger partial charge in [0.25, 0.3) is 5.91 Å². The van der Waals surface area contributed by atoms with E-state index in [1.54, 1.807) is 30.5 Å². The SMILES string of the molecule is O=C1CCC(n2cc3cc(CNC(=O)c4cccc(OCCN5CCOCC5)c4)ccc3c2O)C(=O)N1. The third-order valence-corrected chi connectivity index (χ3v) is 6.75. The quantitative estimate of drug-likeness (QED) is 0.399. The van der Waals surface area contributed by atoms with E-state index in [4.69, 9.17) is 9.47 Å². The summed E-state index contributed by atoms with van der Waals surface area (Å²) in [5, 5.41) is 17.2. The van der Waals surface area contributed by atoms with Crippen LogP contribution in [-0.4, -0.2) is 71.7 Å². The van der Waals surface area contributed by atoms with Gasteiger partial charge in [-0.15, -0.1) is 0 Å². The van der Waals surface area contributed by atoms with Gasteiger partial charge in [0.05, 0.1) is 13.2 Å². The molecule has 1 unspecified atom stereocenters. The molecule has 3 heterocycles. The Balaban J connectivity index is 1.19. The molecule has 3 aromatic rings. The minimum absolute atomic E-state index is 0.0227. The Labute approximate surface area is 214 Å². The molecule has 0 aliphatic carbocycles. The maximum absolute atomic E-state index is 12.8. The molecule has 0 bridgehead atoms. The fraction of sp³-hybridized carbons (Fsp3) is 0.370. The van der Waals surface area contributed by atoms with Crippen LogP contribution in [0.4, 0.5) is 0 Å². The second kappa shape index (κ2) is 11.0. The molecule has 2 saturated heterocycles. The number of ether oxygens (including phenoxy) is 2. The lowest BCUT2D eigenvalue weighted by Crippen LogP contribution is -2.41. The van der Waals surface area contributed by atoms with Crippen molar-refractivity contribution < 1.29 is 29.0 Å². The van der Waals surface area contributed by atoms with Gasteiger partial charge in [-0.25, -0.2) is 0 Å². The zero-order valence-electron chi connectivity index (χ0n) is 20.4. The summed E-state index contributed by atoms with van der Waals surface area (Å²) in [4.78, 5) is 38.8. The second-order valence-corrected chi connectivity index (χ2v) is 9.26. The number of rotatable bonds is 8. The van der Waals surface area contributed by atoms with E-state index >= 15 is 0 Å². The predicted molar refractivity (Wildman–Crippen MR) is 135 cm³/mol. The normalized spacial score (nSPS) is 18.5.